The maximum atomic E-state index is 12.0. The van der Waals surface area contributed by atoms with Gasteiger partial charge < -0.3 is 15.3 Å². The first kappa shape index (κ1) is 13.4. The predicted molar refractivity (Wildman–Crippen MR) is 67.0 cm³/mol. The summed E-state index contributed by atoms with van der Waals surface area (Å²) in [6.45, 7) is 4.45. The highest BCUT2D eigenvalue weighted by Gasteiger charge is 2.17. The van der Waals surface area contributed by atoms with Crippen molar-refractivity contribution in [3.8, 4) is 0 Å². The van der Waals surface area contributed by atoms with Crippen LogP contribution in [0.4, 0.5) is 5.82 Å². The number of nitrogens with zero attached hydrogens (tertiary/aromatic N) is 2. The fourth-order valence-corrected chi connectivity index (χ4v) is 1.34. The van der Waals surface area contributed by atoms with E-state index in [0.29, 0.717) is 11.5 Å². The maximum Gasteiger partial charge on any atom is 0.272 e. The van der Waals surface area contributed by atoms with Crippen molar-refractivity contribution in [2.24, 2.45) is 0 Å². The van der Waals surface area contributed by atoms with E-state index in [9.17, 15) is 4.79 Å². The molecule has 1 aromatic heterocycles. The summed E-state index contributed by atoms with van der Waals surface area (Å²) >= 11 is 0. The molecule has 0 aromatic carbocycles. The SMILES string of the molecule is CCNc1cccc(C(=O)N(C)C(C)CO)n1. The van der Waals surface area contributed by atoms with Gasteiger partial charge in [0.15, 0.2) is 0 Å². The monoisotopic (exact) mass is 237 g/mol. The van der Waals surface area contributed by atoms with Crippen molar-refractivity contribution >= 4 is 11.7 Å². The number of carbonyl (C=O) groups is 1. The van der Waals surface area contributed by atoms with E-state index in [4.69, 9.17) is 5.11 Å². The smallest absolute Gasteiger partial charge is 0.272 e. The van der Waals surface area contributed by atoms with Gasteiger partial charge in [0.1, 0.15) is 11.5 Å². The molecule has 0 fully saturated rings. The Kier molecular flexibility index (Phi) is 4.90. The topological polar surface area (TPSA) is 65.5 Å². The fourth-order valence-electron chi connectivity index (χ4n) is 1.34. The normalized spacial score (nSPS) is 12.0. The third-order valence-electron chi connectivity index (χ3n) is 2.57. The van der Waals surface area contributed by atoms with Gasteiger partial charge in [-0.3, -0.25) is 4.79 Å². The van der Waals surface area contributed by atoms with E-state index in [0.717, 1.165) is 6.54 Å². The summed E-state index contributed by atoms with van der Waals surface area (Å²) in [5.41, 5.74) is 0.381. The van der Waals surface area contributed by atoms with Gasteiger partial charge in [-0.15, -0.1) is 0 Å². The first-order valence-corrected chi connectivity index (χ1v) is 5.69. The molecule has 17 heavy (non-hydrogen) atoms. The van der Waals surface area contributed by atoms with Crippen molar-refractivity contribution < 1.29 is 9.90 Å². The molecule has 1 unspecified atom stereocenters. The summed E-state index contributed by atoms with van der Waals surface area (Å²) in [6.07, 6.45) is 0. The lowest BCUT2D eigenvalue weighted by atomic mass is 10.2. The molecular formula is C12H19N3O2. The van der Waals surface area contributed by atoms with Crippen LogP contribution >= 0.6 is 0 Å². The molecule has 0 spiro atoms. The maximum absolute atomic E-state index is 12.0. The minimum Gasteiger partial charge on any atom is -0.394 e. The Hall–Kier alpha value is -1.62. The number of likely N-dealkylation sites (N-methyl/N-ethyl adjacent to an activating group) is 1. The highest BCUT2D eigenvalue weighted by molar-refractivity contribution is 5.92. The predicted octanol–water partition coefficient (Wildman–Crippen LogP) is 0.966. The lowest BCUT2D eigenvalue weighted by Crippen LogP contribution is -2.37. The number of aromatic nitrogens is 1. The number of carbonyl (C=O) groups excluding carboxylic acids is 1. The molecule has 1 atom stereocenters. The molecule has 0 radical (unpaired) electrons. The van der Waals surface area contributed by atoms with E-state index in [2.05, 4.69) is 10.3 Å². The van der Waals surface area contributed by atoms with Crippen molar-refractivity contribution in [3.63, 3.8) is 0 Å². The van der Waals surface area contributed by atoms with E-state index < -0.39 is 0 Å². The van der Waals surface area contributed by atoms with E-state index in [1.165, 1.54) is 4.90 Å². The molecular weight excluding hydrogens is 218 g/mol. The molecule has 0 saturated heterocycles. The van der Waals surface area contributed by atoms with E-state index in [1.807, 2.05) is 13.0 Å². The number of aliphatic hydroxyl groups excluding tert-OH is 1. The van der Waals surface area contributed by atoms with Gasteiger partial charge in [0.05, 0.1) is 12.6 Å². The number of nitrogens with one attached hydrogen (secondary N) is 1. The molecule has 5 heteroatoms. The van der Waals surface area contributed by atoms with Crippen molar-refractivity contribution in [3.05, 3.63) is 23.9 Å². The zero-order chi connectivity index (χ0) is 12.8. The number of rotatable bonds is 5. The molecule has 1 aromatic rings. The zero-order valence-electron chi connectivity index (χ0n) is 10.5. The quantitative estimate of drug-likeness (QED) is 0.800. The summed E-state index contributed by atoms with van der Waals surface area (Å²) in [5, 5.41) is 12.1. The molecule has 0 aliphatic carbocycles. The van der Waals surface area contributed by atoms with Gasteiger partial charge in [-0.05, 0) is 26.0 Å². The number of pyridine rings is 1. The van der Waals surface area contributed by atoms with Crippen LogP contribution in [0, 0.1) is 0 Å². The number of hydrogen-bond donors (Lipinski definition) is 2. The van der Waals surface area contributed by atoms with Crippen LogP contribution in [-0.4, -0.2) is 47.1 Å². The lowest BCUT2D eigenvalue weighted by molar-refractivity contribution is 0.0676. The van der Waals surface area contributed by atoms with Crippen LogP contribution in [0.25, 0.3) is 0 Å². The third kappa shape index (κ3) is 3.42. The minimum atomic E-state index is -0.216. The molecule has 1 heterocycles. The van der Waals surface area contributed by atoms with E-state index in [-0.39, 0.29) is 18.6 Å². The molecule has 0 saturated carbocycles. The Morgan fingerprint density at radius 3 is 2.88 bits per heavy atom. The van der Waals surface area contributed by atoms with Gasteiger partial charge in [-0.2, -0.15) is 0 Å². The molecule has 0 bridgehead atoms. The number of amides is 1. The Labute approximate surface area is 101 Å². The average Bonchev–Trinajstić information content (AvgIpc) is 2.36. The molecule has 2 N–H and O–H groups in total. The highest BCUT2D eigenvalue weighted by atomic mass is 16.3. The van der Waals surface area contributed by atoms with E-state index in [1.54, 1.807) is 26.1 Å². The van der Waals surface area contributed by atoms with Gasteiger partial charge in [0, 0.05) is 13.6 Å². The second-order valence-corrected chi connectivity index (χ2v) is 3.89. The molecule has 94 valence electrons. The van der Waals surface area contributed by atoms with Crippen molar-refractivity contribution in [1.82, 2.24) is 9.88 Å². The van der Waals surface area contributed by atoms with Crippen molar-refractivity contribution in [2.75, 3.05) is 25.5 Å². The van der Waals surface area contributed by atoms with Crippen LogP contribution in [0.1, 0.15) is 24.3 Å². The second kappa shape index (κ2) is 6.20. The Morgan fingerprint density at radius 2 is 2.29 bits per heavy atom. The average molecular weight is 237 g/mol. The number of anilines is 1. The zero-order valence-corrected chi connectivity index (χ0v) is 10.5. The number of aliphatic hydroxyl groups is 1. The fraction of sp³-hybridized carbons (Fsp3) is 0.500. The van der Waals surface area contributed by atoms with Gasteiger partial charge >= 0.3 is 0 Å². The third-order valence-corrected chi connectivity index (χ3v) is 2.57. The van der Waals surface area contributed by atoms with Gasteiger partial charge in [-0.1, -0.05) is 6.07 Å². The first-order chi connectivity index (χ1) is 8.10. The molecule has 1 rings (SSSR count). The van der Waals surface area contributed by atoms with Crippen molar-refractivity contribution in [1.29, 1.82) is 0 Å². The van der Waals surface area contributed by atoms with Crippen LogP contribution in [0.2, 0.25) is 0 Å². The molecule has 5 nitrogen and oxygen atoms in total. The second-order valence-electron chi connectivity index (χ2n) is 3.89. The highest BCUT2D eigenvalue weighted by Crippen LogP contribution is 2.08. The summed E-state index contributed by atoms with van der Waals surface area (Å²) < 4.78 is 0. The standard InChI is InChI=1S/C12H19N3O2/c1-4-13-11-7-5-6-10(14-11)12(17)15(3)9(2)8-16/h5-7,9,16H,4,8H2,1-3H3,(H,13,14). The van der Waals surface area contributed by atoms with Crippen molar-refractivity contribution in [2.45, 2.75) is 19.9 Å². The largest absolute Gasteiger partial charge is 0.394 e. The Balaban J connectivity index is 2.84. The first-order valence-electron chi connectivity index (χ1n) is 5.69. The summed E-state index contributed by atoms with van der Waals surface area (Å²) in [6, 6.07) is 5.06. The lowest BCUT2D eigenvalue weighted by Gasteiger charge is -2.22. The van der Waals surface area contributed by atoms with Gasteiger partial charge in [0.2, 0.25) is 0 Å². The van der Waals surface area contributed by atoms with Crippen LogP contribution in [0.3, 0.4) is 0 Å². The van der Waals surface area contributed by atoms with Crippen LogP contribution in [0.5, 0.6) is 0 Å². The molecule has 0 aliphatic rings. The van der Waals surface area contributed by atoms with Gasteiger partial charge in [0.25, 0.3) is 5.91 Å². The molecule has 0 aliphatic heterocycles. The summed E-state index contributed by atoms with van der Waals surface area (Å²) in [5.74, 6) is 0.495. The molecule has 1 amide bonds. The number of hydrogen-bond acceptors (Lipinski definition) is 4. The minimum absolute atomic E-state index is 0.0604. The summed E-state index contributed by atoms with van der Waals surface area (Å²) in [7, 11) is 1.66. The Morgan fingerprint density at radius 1 is 1.59 bits per heavy atom. The van der Waals surface area contributed by atoms with E-state index >= 15 is 0 Å². The van der Waals surface area contributed by atoms with Crippen LogP contribution in [-0.2, 0) is 0 Å². The van der Waals surface area contributed by atoms with Crippen LogP contribution in [0.15, 0.2) is 18.2 Å². The summed E-state index contributed by atoms with van der Waals surface area (Å²) in [4.78, 5) is 17.7. The van der Waals surface area contributed by atoms with Gasteiger partial charge in [-0.25, -0.2) is 4.98 Å². The Bertz CT molecular complexity index is 382. The van der Waals surface area contributed by atoms with Crippen LogP contribution < -0.4 is 5.32 Å².